The molecule has 0 saturated heterocycles. The first-order valence-electron chi connectivity index (χ1n) is 8.44. The SMILES string of the molecule is Cc1cc2c(c(N3C(=O)c4ccc(Cl)cc4C3=O)c1[SiH](C)C)C(=O)NC2=O. The highest BCUT2D eigenvalue weighted by atomic mass is 35.5. The van der Waals surface area contributed by atoms with Crippen LogP contribution in [0.3, 0.4) is 0 Å². The van der Waals surface area contributed by atoms with Gasteiger partial charge in [-0.2, -0.15) is 0 Å². The van der Waals surface area contributed by atoms with Gasteiger partial charge in [0.05, 0.1) is 36.7 Å². The summed E-state index contributed by atoms with van der Waals surface area (Å²) in [7, 11) is -1.57. The van der Waals surface area contributed by atoms with Crippen LogP contribution in [0.25, 0.3) is 0 Å². The number of aryl methyl sites for hydroxylation is 1. The van der Waals surface area contributed by atoms with Gasteiger partial charge < -0.3 is 0 Å². The summed E-state index contributed by atoms with van der Waals surface area (Å²) in [5, 5.41) is 3.43. The molecule has 136 valence electrons. The number of nitrogens with one attached hydrogen (secondary N) is 1. The third-order valence-corrected chi connectivity index (χ3v) is 7.01. The minimum atomic E-state index is -1.57. The molecule has 1 N–H and O–H groups in total. The van der Waals surface area contributed by atoms with Crippen LogP contribution in [0.15, 0.2) is 24.3 Å². The highest BCUT2D eigenvalue weighted by molar-refractivity contribution is 6.73. The van der Waals surface area contributed by atoms with Crippen molar-refractivity contribution in [3.63, 3.8) is 0 Å². The fraction of sp³-hybridized carbons (Fsp3) is 0.158. The lowest BCUT2D eigenvalue weighted by molar-refractivity contribution is 0.0878. The van der Waals surface area contributed by atoms with Crippen LogP contribution in [0.5, 0.6) is 0 Å². The van der Waals surface area contributed by atoms with Crippen LogP contribution < -0.4 is 15.4 Å². The second-order valence-corrected chi connectivity index (χ2v) is 10.3. The van der Waals surface area contributed by atoms with Crippen molar-refractivity contribution in [1.82, 2.24) is 5.32 Å². The van der Waals surface area contributed by atoms with Crippen LogP contribution in [0.2, 0.25) is 18.1 Å². The van der Waals surface area contributed by atoms with E-state index in [9.17, 15) is 19.2 Å². The third-order valence-electron chi connectivity index (χ3n) is 4.90. The van der Waals surface area contributed by atoms with E-state index in [0.29, 0.717) is 5.02 Å². The number of fused-ring (bicyclic) bond motifs is 2. The number of carbonyl (C=O) groups excluding carboxylic acids is 4. The molecule has 2 aromatic rings. The maximum atomic E-state index is 13.1. The molecule has 2 aliphatic rings. The number of carbonyl (C=O) groups is 4. The number of anilines is 1. The van der Waals surface area contributed by atoms with E-state index in [4.69, 9.17) is 11.6 Å². The summed E-state index contributed by atoms with van der Waals surface area (Å²) < 4.78 is 0. The maximum Gasteiger partial charge on any atom is 0.266 e. The van der Waals surface area contributed by atoms with Crippen molar-refractivity contribution in [1.29, 1.82) is 0 Å². The van der Waals surface area contributed by atoms with Crippen LogP contribution in [0, 0.1) is 6.92 Å². The Morgan fingerprint density at radius 3 is 2.26 bits per heavy atom. The quantitative estimate of drug-likeness (QED) is 0.619. The number of rotatable bonds is 2. The highest BCUT2D eigenvalue weighted by Crippen LogP contribution is 2.35. The standard InChI is InChI=1S/C19H15ClN2O4Si/c1-8-6-12-13(17(24)21-16(12)23)14(15(8)27(2)3)22-18(25)10-5-4-9(20)7-11(10)19(22)26/h4-7,27H,1-3H3,(H,21,23,24). The van der Waals surface area contributed by atoms with Gasteiger partial charge in [0.15, 0.2) is 0 Å². The Morgan fingerprint density at radius 1 is 0.926 bits per heavy atom. The summed E-state index contributed by atoms with van der Waals surface area (Å²) in [6.07, 6.45) is 0. The minimum absolute atomic E-state index is 0.0994. The Morgan fingerprint density at radius 2 is 1.59 bits per heavy atom. The molecule has 0 fully saturated rings. The first kappa shape index (κ1) is 17.6. The topological polar surface area (TPSA) is 83.6 Å². The molecular formula is C19H15ClN2O4Si. The third kappa shape index (κ3) is 2.39. The van der Waals surface area contributed by atoms with E-state index in [0.717, 1.165) is 15.7 Å². The molecule has 2 heterocycles. The van der Waals surface area contributed by atoms with Crippen LogP contribution >= 0.6 is 11.6 Å². The van der Waals surface area contributed by atoms with Gasteiger partial charge in [-0.3, -0.25) is 24.5 Å². The van der Waals surface area contributed by atoms with Crippen molar-refractivity contribution in [3.8, 4) is 0 Å². The molecule has 2 aliphatic heterocycles. The maximum absolute atomic E-state index is 13.1. The second kappa shape index (κ2) is 5.87. The summed E-state index contributed by atoms with van der Waals surface area (Å²) in [5.41, 5.74) is 1.77. The second-order valence-electron chi connectivity index (χ2n) is 6.95. The van der Waals surface area contributed by atoms with Crippen LogP contribution in [-0.2, 0) is 0 Å². The van der Waals surface area contributed by atoms with E-state index < -0.39 is 32.4 Å². The minimum Gasteiger partial charge on any atom is -0.288 e. The normalized spacial score (nSPS) is 15.5. The molecule has 0 atom stereocenters. The largest absolute Gasteiger partial charge is 0.288 e. The molecule has 8 heteroatoms. The summed E-state index contributed by atoms with van der Waals surface area (Å²) >= 11 is 5.99. The fourth-order valence-corrected chi connectivity index (χ4v) is 5.82. The molecule has 4 amide bonds. The van der Waals surface area contributed by atoms with E-state index in [-0.39, 0.29) is 27.9 Å². The van der Waals surface area contributed by atoms with Gasteiger partial charge >= 0.3 is 0 Å². The van der Waals surface area contributed by atoms with E-state index in [2.05, 4.69) is 5.32 Å². The molecule has 0 spiro atoms. The number of benzene rings is 2. The Balaban J connectivity index is 2.04. The van der Waals surface area contributed by atoms with Crippen molar-refractivity contribution < 1.29 is 19.2 Å². The van der Waals surface area contributed by atoms with Crippen molar-refractivity contribution in [3.05, 3.63) is 57.1 Å². The Kier molecular flexibility index (Phi) is 3.83. The molecule has 0 unspecified atom stereocenters. The molecule has 0 saturated carbocycles. The Hall–Kier alpha value is -2.77. The zero-order chi connectivity index (χ0) is 19.6. The monoisotopic (exact) mass is 398 g/mol. The fourth-order valence-electron chi connectivity index (χ4n) is 3.83. The summed E-state index contributed by atoms with van der Waals surface area (Å²) in [5.74, 6) is -2.15. The van der Waals surface area contributed by atoms with Gasteiger partial charge in [0.2, 0.25) is 0 Å². The molecular weight excluding hydrogens is 384 g/mol. The number of hydrogen-bond acceptors (Lipinski definition) is 4. The first-order valence-corrected chi connectivity index (χ1v) is 11.7. The average molecular weight is 399 g/mol. The van der Waals surface area contributed by atoms with Gasteiger partial charge in [-0.15, -0.1) is 0 Å². The Bertz CT molecular complexity index is 1090. The molecule has 6 nitrogen and oxygen atoms in total. The van der Waals surface area contributed by atoms with Crippen LogP contribution in [0.4, 0.5) is 5.69 Å². The van der Waals surface area contributed by atoms with Crippen LogP contribution in [-0.4, -0.2) is 32.4 Å². The van der Waals surface area contributed by atoms with E-state index >= 15 is 0 Å². The van der Waals surface area contributed by atoms with E-state index in [1.165, 1.54) is 12.1 Å². The Labute approximate surface area is 161 Å². The van der Waals surface area contributed by atoms with Gasteiger partial charge in [0.25, 0.3) is 23.6 Å². The van der Waals surface area contributed by atoms with Crippen LogP contribution in [0.1, 0.15) is 47.0 Å². The number of imide groups is 2. The lowest BCUT2D eigenvalue weighted by atomic mass is 10.0. The summed E-state index contributed by atoms with van der Waals surface area (Å²) in [6, 6.07) is 6.16. The van der Waals surface area contributed by atoms with E-state index in [1.54, 1.807) is 12.1 Å². The van der Waals surface area contributed by atoms with Gasteiger partial charge in [0, 0.05) is 5.02 Å². The highest BCUT2D eigenvalue weighted by Gasteiger charge is 2.43. The summed E-state index contributed by atoms with van der Waals surface area (Å²) in [6.45, 7) is 5.92. The van der Waals surface area contributed by atoms with Gasteiger partial charge in [-0.25, -0.2) is 4.90 Å². The predicted molar refractivity (Wildman–Crippen MR) is 104 cm³/mol. The molecule has 0 bridgehead atoms. The number of halogens is 1. The predicted octanol–water partition coefficient (Wildman–Crippen LogP) is 2.03. The van der Waals surface area contributed by atoms with Crippen molar-refractivity contribution in [2.45, 2.75) is 20.0 Å². The van der Waals surface area contributed by atoms with Crippen molar-refractivity contribution in [2.24, 2.45) is 0 Å². The van der Waals surface area contributed by atoms with Gasteiger partial charge in [-0.1, -0.05) is 24.7 Å². The zero-order valence-electron chi connectivity index (χ0n) is 14.8. The van der Waals surface area contributed by atoms with Crippen molar-refractivity contribution in [2.75, 3.05) is 4.90 Å². The number of nitrogens with zero attached hydrogens (tertiary/aromatic N) is 1. The van der Waals surface area contributed by atoms with E-state index in [1.807, 2.05) is 20.0 Å². The smallest absolute Gasteiger partial charge is 0.266 e. The molecule has 27 heavy (non-hydrogen) atoms. The number of amides is 4. The zero-order valence-corrected chi connectivity index (χ0v) is 16.8. The molecule has 0 radical (unpaired) electrons. The summed E-state index contributed by atoms with van der Waals surface area (Å²) in [4.78, 5) is 51.8. The lowest BCUT2D eigenvalue weighted by Crippen LogP contribution is -2.40. The van der Waals surface area contributed by atoms with Gasteiger partial charge in [0.1, 0.15) is 0 Å². The molecule has 0 aromatic heterocycles. The molecule has 4 rings (SSSR count). The first-order chi connectivity index (χ1) is 12.7. The average Bonchev–Trinajstić information content (AvgIpc) is 3.00. The van der Waals surface area contributed by atoms with Gasteiger partial charge in [-0.05, 0) is 41.9 Å². The number of hydrogen-bond donors (Lipinski definition) is 1. The molecule has 2 aromatic carbocycles. The van der Waals surface area contributed by atoms with Crippen molar-refractivity contribution >= 4 is 54.9 Å². The lowest BCUT2D eigenvalue weighted by Gasteiger charge is -2.24. The molecule has 0 aliphatic carbocycles.